The van der Waals surface area contributed by atoms with Crippen LogP contribution in [0, 0.1) is 0 Å². The van der Waals surface area contributed by atoms with Crippen molar-refractivity contribution in [3.63, 3.8) is 0 Å². The first-order valence-electron chi connectivity index (χ1n) is 5.67. The first-order valence-corrected chi connectivity index (χ1v) is 9.06. The molecular formula is C11H15BrN2O3S2. The molecule has 106 valence electrons. The molecule has 1 aromatic carbocycles. The van der Waals surface area contributed by atoms with E-state index in [0.29, 0.717) is 29.0 Å². The monoisotopic (exact) mass is 366 g/mol. The fourth-order valence-corrected chi connectivity index (χ4v) is 4.91. The highest BCUT2D eigenvalue weighted by Crippen LogP contribution is 2.34. The molecule has 0 atom stereocenters. The fourth-order valence-electron chi connectivity index (χ4n) is 1.84. The number of benzene rings is 1. The number of nitrogen functional groups attached to an aromatic ring is 1. The molecule has 2 rings (SSSR count). The summed E-state index contributed by atoms with van der Waals surface area (Å²) in [5.41, 5.74) is 6.16. The van der Waals surface area contributed by atoms with E-state index in [2.05, 4.69) is 15.9 Å². The van der Waals surface area contributed by atoms with Gasteiger partial charge in [0.1, 0.15) is 10.6 Å². The van der Waals surface area contributed by atoms with Crippen molar-refractivity contribution in [1.29, 1.82) is 0 Å². The predicted molar refractivity (Wildman–Crippen MR) is 81.2 cm³/mol. The number of hydrogen-bond donors (Lipinski definition) is 1. The molecule has 1 saturated heterocycles. The second-order valence-corrected chi connectivity index (χ2v) is 8.03. The van der Waals surface area contributed by atoms with Crippen LogP contribution in [0.5, 0.6) is 5.75 Å². The Morgan fingerprint density at radius 2 is 2.00 bits per heavy atom. The maximum absolute atomic E-state index is 12.6. The molecule has 0 unspecified atom stereocenters. The van der Waals surface area contributed by atoms with E-state index < -0.39 is 10.0 Å². The first kappa shape index (κ1) is 15.0. The summed E-state index contributed by atoms with van der Waals surface area (Å²) in [7, 11) is -2.10. The molecule has 0 amide bonds. The minimum atomic E-state index is -3.55. The topological polar surface area (TPSA) is 72.6 Å². The summed E-state index contributed by atoms with van der Waals surface area (Å²) in [5.74, 6) is 1.93. The SMILES string of the molecule is COc1cc(Br)c(N)cc1S(=O)(=O)N1CCSCC1. The van der Waals surface area contributed by atoms with E-state index in [1.54, 1.807) is 17.8 Å². The third-order valence-corrected chi connectivity index (χ3v) is 6.42. The van der Waals surface area contributed by atoms with Crippen LogP contribution in [0.15, 0.2) is 21.5 Å². The van der Waals surface area contributed by atoms with Gasteiger partial charge >= 0.3 is 0 Å². The summed E-state index contributed by atoms with van der Waals surface area (Å²) >= 11 is 5.02. The normalized spacial score (nSPS) is 17.4. The standard InChI is InChI=1S/C11H15BrN2O3S2/c1-17-10-6-8(12)9(13)7-11(10)19(15,16)14-2-4-18-5-3-14/h6-7H,2-5,13H2,1H3. The maximum Gasteiger partial charge on any atom is 0.246 e. The van der Waals surface area contributed by atoms with E-state index in [0.717, 1.165) is 11.5 Å². The fraction of sp³-hybridized carbons (Fsp3) is 0.455. The summed E-state index contributed by atoms with van der Waals surface area (Å²) in [6.45, 7) is 1.04. The van der Waals surface area contributed by atoms with Gasteiger partial charge in [0.05, 0.1) is 7.11 Å². The van der Waals surface area contributed by atoms with Gasteiger partial charge in [0.2, 0.25) is 10.0 Å². The van der Waals surface area contributed by atoms with Gasteiger partial charge in [-0.05, 0) is 28.1 Å². The lowest BCUT2D eigenvalue weighted by molar-refractivity contribution is 0.395. The van der Waals surface area contributed by atoms with Crippen molar-refractivity contribution in [2.24, 2.45) is 0 Å². The van der Waals surface area contributed by atoms with Crippen LogP contribution in [0.4, 0.5) is 5.69 Å². The molecule has 0 bridgehead atoms. The zero-order valence-corrected chi connectivity index (χ0v) is 13.6. The van der Waals surface area contributed by atoms with Crippen molar-refractivity contribution in [2.45, 2.75) is 4.90 Å². The molecule has 1 fully saturated rings. The van der Waals surface area contributed by atoms with E-state index in [1.165, 1.54) is 17.5 Å². The molecule has 1 heterocycles. The number of sulfonamides is 1. The molecule has 8 heteroatoms. The molecule has 0 radical (unpaired) electrons. The van der Waals surface area contributed by atoms with Crippen LogP contribution in [-0.4, -0.2) is 44.4 Å². The molecule has 1 aromatic rings. The van der Waals surface area contributed by atoms with Gasteiger partial charge in [-0.15, -0.1) is 0 Å². The van der Waals surface area contributed by atoms with Crippen molar-refractivity contribution < 1.29 is 13.2 Å². The smallest absolute Gasteiger partial charge is 0.246 e. The summed E-state index contributed by atoms with van der Waals surface area (Å²) in [6.07, 6.45) is 0. The van der Waals surface area contributed by atoms with E-state index in [1.807, 2.05) is 0 Å². The molecule has 19 heavy (non-hydrogen) atoms. The van der Waals surface area contributed by atoms with Crippen LogP contribution in [0.1, 0.15) is 0 Å². The number of methoxy groups -OCH3 is 1. The van der Waals surface area contributed by atoms with Crippen LogP contribution in [0.2, 0.25) is 0 Å². The van der Waals surface area contributed by atoms with E-state index in [9.17, 15) is 8.42 Å². The van der Waals surface area contributed by atoms with E-state index >= 15 is 0 Å². The highest BCUT2D eigenvalue weighted by atomic mass is 79.9. The minimum Gasteiger partial charge on any atom is -0.495 e. The average Bonchev–Trinajstić information content (AvgIpc) is 2.42. The number of rotatable bonds is 3. The lowest BCUT2D eigenvalue weighted by Crippen LogP contribution is -2.38. The summed E-state index contributed by atoms with van der Waals surface area (Å²) in [6, 6.07) is 3.03. The van der Waals surface area contributed by atoms with Crippen molar-refractivity contribution in [3.8, 4) is 5.75 Å². The molecule has 0 spiro atoms. The Kier molecular flexibility index (Phi) is 4.65. The van der Waals surface area contributed by atoms with Gasteiger partial charge in [-0.25, -0.2) is 8.42 Å². The first-order chi connectivity index (χ1) is 8.96. The molecule has 1 aliphatic rings. The highest BCUT2D eigenvalue weighted by molar-refractivity contribution is 9.10. The number of thioether (sulfide) groups is 1. The lowest BCUT2D eigenvalue weighted by Gasteiger charge is -2.26. The molecule has 0 aliphatic carbocycles. The van der Waals surface area contributed by atoms with Gasteiger partial charge < -0.3 is 10.5 Å². The van der Waals surface area contributed by atoms with E-state index in [-0.39, 0.29) is 4.90 Å². The highest BCUT2D eigenvalue weighted by Gasteiger charge is 2.29. The Hall–Kier alpha value is -0.440. The number of halogens is 1. The number of ether oxygens (including phenoxy) is 1. The van der Waals surface area contributed by atoms with Crippen molar-refractivity contribution in [2.75, 3.05) is 37.4 Å². The average molecular weight is 367 g/mol. The van der Waals surface area contributed by atoms with Gasteiger partial charge in [-0.2, -0.15) is 16.1 Å². The molecular weight excluding hydrogens is 352 g/mol. The predicted octanol–water partition coefficient (Wildman–Crippen LogP) is 1.78. The minimum absolute atomic E-state index is 0.127. The molecule has 5 nitrogen and oxygen atoms in total. The summed E-state index contributed by atoms with van der Waals surface area (Å²) in [5, 5.41) is 0. The Labute approximate surface area is 125 Å². The van der Waals surface area contributed by atoms with Gasteiger partial charge in [-0.1, -0.05) is 0 Å². The molecule has 0 aromatic heterocycles. The summed E-state index contributed by atoms with van der Waals surface area (Å²) in [4.78, 5) is 0.127. The Balaban J connectivity index is 2.47. The van der Waals surface area contributed by atoms with Crippen molar-refractivity contribution >= 4 is 43.4 Å². The Morgan fingerprint density at radius 3 is 2.58 bits per heavy atom. The quantitative estimate of drug-likeness (QED) is 0.825. The van der Waals surface area contributed by atoms with Gasteiger partial charge in [0, 0.05) is 34.8 Å². The molecule has 0 saturated carbocycles. The number of anilines is 1. The van der Waals surface area contributed by atoms with Crippen LogP contribution in [-0.2, 0) is 10.0 Å². The number of nitrogens with two attached hydrogens (primary N) is 1. The second kappa shape index (κ2) is 5.90. The number of hydrogen-bond acceptors (Lipinski definition) is 5. The largest absolute Gasteiger partial charge is 0.495 e. The Morgan fingerprint density at radius 1 is 1.37 bits per heavy atom. The van der Waals surface area contributed by atoms with Gasteiger partial charge in [-0.3, -0.25) is 0 Å². The summed E-state index contributed by atoms with van der Waals surface area (Å²) < 4.78 is 32.5. The maximum atomic E-state index is 12.6. The van der Waals surface area contributed by atoms with Crippen LogP contribution in [0.25, 0.3) is 0 Å². The Bertz CT molecular complexity index is 572. The van der Waals surface area contributed by atoms with Crippen molar-refractivity contribution in [3.05, 3.63) is 16.6 Å². The second-order valence-electron chi connectivity index (χ2n) is 4.04. The molecule has 2 N–H and O–H groups in total. The number of nitrogens with zero attached hydrogens (tertiary/aromatic N) is 1. The zero-order chi connectivity index (χ0) is 14.0. The van der Waals surface area contributed by atoms with Crippen molar-refractivity contribution in [1.82, 2.24) is 4.31 Å². The van der Waals surface area contributed by atoms with Crippen LogP contribution >= 0.6 is 27.7 Å². The van der Waals surface area contributed by atoms with Crippen LogP contribution in [0.3, 0.4) is 0 Å². The third-order valence-electron chi connectivity index (χ3n) is 2.87. The van der Waals surface area contributed by atoms with Gasteiger partial charge in [0.25, 0.3) is 0 Å². The third kappa shape index (κ3) is 3.01. The van der Waals surface area contributed by atoms with Gasteiger partial charge in [0.15, 0.2) is 0 Å². The zero-order valence-electron chi connectivity index (χ0n) is 10.4. The lowest BCUT2D eigenvalue weighted by atomic mass is 10.3. The molecule has 1 aliphatic heterocycles. The van der Waals surface area contributed by atoms with Crippen LogP contribution < -0.4 is 10.5 Å². The van der Waals surface area contributed by atoms with E-state index in [4.69, 9.17) is 10.5 Å².